The highest BCUT2D eigenvalue weighted by Gasteiger charge is 2.28. The number of H-pyrrole nitrogens is 1. The number of anilines is 1. The number of aromatic amines is 1. The molecule has 0 atom stereocenters. The summed E-state index contributed by atoms with van der Waals surface area (Å²) in [5, 5.41) is 1.21. The van der Waals surface area contributed by atoms with Gasteiger partial charge in [-0.15, -0.1) is 0 Å². The predicted molar refractivity (Wildman–Crippen MR) is 103 cm³/mol. The zero-order valence-electron chi connectivity index (χ0n) is 14.4. The lowest BCUT2D eigenvalue weighted by Crippen LogP contribution is -2.50. The second-order valence-electron chi connectivity index (χ2n) is 6.48. The third-order valence-electron chi connectivity index (χ3n) is 4.82. The van der Waals surface area contributed by atoms with Crippen molar-refractivity contribution in [3.8, 4) is 0 Å². The number of nitrogens with one attached hydrogen (secondary N) is 1. The van der Waals surface area contributed by atoms with Crippen molar-refractivity contribution in [1.82, 2.24) is 9.88 Å². The molecule has 0 unspecified atom stereocenters. The Morgan fingerprint density at radius 1 is 1.04 bits per heavy atom. The van der Waals surface area contributed by atoms with Crippen LogP contribution in [-0.2, 0) is 4.79 Å². The van der Waals surface area contributed by atoms with Gasteiger partial charge in [0.05, 0.1) is 5.56 Å². The molecule has 1 aliphatic heterocycles. The van der Waals surface area contributed by atoms with E-state index in [9.17, 15) is 14.0 Å². The number of benzene rings is 2. The normalized spacial score (nSPS) is 14.6. The molecule has 0 spiro atoms. The molecule has 138 valence electrons. The summed E-state index contributed by atoms with van der Waals surface area (Å²) in [5.74, 6) is -1.51. The van der Waals surface area contributed by atoms with Crippen molar-refractivity contribution in [1.29, 1.82) is 0 Å². The Bertz CT molecular complexity index is 1020. The molecule has 5 nitrogen and oxygen atoms in total. The minimum atomic E-state index is -0.580. The summed E-state index contributed by atoms with van der Waals surface area (Å²) < 4.78 is 13.3. The Morgan fingerprint density at radius 3 is 2.56 bits per heavy atom. The average molecular weight is 386 g/mol. The molecule has 7 heteroatoms. The number of fused-ring (bicyclic) bond motifs is 1. The van der Waals surface area contributed by atoms with Gasteiger partial charge in [-0.2, -0.15) is 0 Å². The van der Waals surface area contributed by atoms with E-state index < -0.39 is 17.5 Å². The molecule has 0 bridgehead atoms. The molecule has 1 aromatic heterocycles. The molecular formula is C20H17ClFN3O2. The number of Topliss-reactive ketones (excluding diaryl/α,β-unsaturated/α-hetero) is 1. The molecule has 1 fully saturated rings. The monoisotopic (exact) mass is 385 g/mol. The number of ketones is 1. The minimum Gasteiger partial charge on any atom is -0.368 e. The van der Waals surface area contributed by atoms with Crippen molar-refractivity contribution in [2.75, 3.05) is 31.1 Å². The zero-order valence-corrected chi connectivity index (χ0v) is 15.2. The number of nitrogens with zero attached hydrogens (tertiary/aromatic N) is 2. The number of carbonyl (C=O) groups excluding carboxylic acids is 2. The minimum absolute atomic E-state index is 0.271. The number of hydrogen-bond donors (Lipinski definition) is 1. The fourth-order valence-corrected chi connectivity index (χ4v) is 3.57. The molecule has 1 N–H and O–H groups in total. The van der Waals surface area contributed by atoms with Gasteiger partial charge in [-0.3, -0.25) is 9.59 Å². The first kappa shape index (κ1) is 17.5. The highest BCUT2D eigenvalue weighted by molar-refractivity contribution is 6.44. The third kappa shape index (κ3) is 3.40. The second-order valence-corrected chi connectivity index (χ2v) is 6.92. The molecule has 2 heterocycles. The van der Waals surface area contributed by atoms with E-state index in [1.807, 2.05) is 24.3 Å². The number of amides is 1. The molecule has 0 saturated carbocycles. The standard InChI is InChI=1S/C20H17ClFN3O2/c21-13-2-1-3-15(10-13)24-6-8-25(9-7-24)20(27)19(26)17-12-23-18-11-14(22)4-5-16(17)18/h1-5,10-12,23H,6-9H2. The summed E-state index contributed by atoms with van der Waals surface area (Å²) in [7, 11) is 0. The van der Waals surface area contributed by atoms with Crippen LogP contribution in [0.5, 0.6) is 0 Å². The Labute approximate surface area is 160 Å². The lowest BCUT2D eigenvalue weighted by Gasteiger charge is -2.35. The van der Waals surface area contributed by atoms with E-state index >= 15 is 0 Å². The Kier molecular flexibility index (Phi) is 4.58. The van der Waals surface area contributed by atoms with Crippen molar-refractivity contribution in [3.05, 3.63) is 65.1 Å². The van der Waals surface area contributed by atoms with E-state index in [1.165, 1.54) is 24.4 Å². The SMILES string of the molecule is O=C(C(=O)N1CCN(c2cccc(Cl)c2)CC1)c1c[nH]c2cc(F)ccc12. The van der Waals surface area contributed by atoms with Crippen molar-refractivity contribution < 1.29 is 14.0 Å². The predicted octanol–water partition coefficient (Wildman–Crippen LogP) is 3.49. The van der Waals surface area contributed by atoms with Crippen LogP contribution in [-0.4, -0.2) is 47.8 Å². The fourth-order valence-electron chi connectivity index (χ4n) is 3.39. The number of halogens is 2. The first-order valence-corrected chi connectivity index (χ1v) is 9.01. The largest absolute Gasteiger partial charge is 0.368 e. The summed E-state index contributed by atoms with van der Waals surface area (Å²) in [6.45, 7) is 2.15. The summed E-state index contributed by atoms with van der Waals surface area (Å²) in [6.07, 6.45) is 1.46. The van der Waals surface area contributed by atoms with Gasteiger partial charge in [0.25, 0.3) is 11.7 Å². The second kappa shape index (κ2) is 7.04. The molecule has 0 radical (unpaired) electrons. The molecule has 1 amide bonds. The maximum absolute atomic E-state index is 13.3. The third-order valence-corrected chi connectivity index (χ3v) is 5.06. The van der Waals surface area contributed by atoms with Crippen LogP contribution < -0.4 is 4.90 Å². The topological polar surface area (TPSA) is 56.4 Å². The van der Waals surface area contributed by atoms with Crippen molar-refractivity contribution >= 4 is 39.9 Å². The maximum Gasteiger partial charge on any atom is 0.295 e. The van der Waals surface area contributed by atoms with Crippen molar-refractivity contribution in [3.63, 3.8) is 0 Å². The smallest absolute Gasteiger partial charge is 0.295 e. The van der Waals surface area contributed by atoms with Gasteiger partial charge in [-0.25, -0.2) is 4.39 Å². The molecule has 2 aromatic carbocycles. The molecule has 0 aliphatic carbocycles. The van der Waals surface area contributed by atoms with Crippen LogP contribution in [0.2, 0.25) is 5.02 Å². The highest BCUT2D eigenvalue weighted by Crippen LogP contribution is 2.23. The molecular weight excluding hydrogens is 369 g/mol. The van der Waals surface area contributed by atoms with Gasteiger partial charge in [0.2, 0.25) is 0 Å². The molecule has 3 aromatic rings. The number of carbonyl (C=O) groups is 2. The van der Waals surface area contributed by atoms with Crippen molar-refractivity contribution in [2.24, 2.45) is 0 Å². The number of aromatic nitrogens is 1. The van der Waals surface area contributed by atoms with E-state index in [1.54, 1.807) is 4.90 Å². The Balaban J connectivity index is 1.46. The van der Waals surface area contributed by atoms with E-state index in [0.717, 1.165) is 5.69 Å². The number of piperazine rings is 1. The van der Waals surface area contributed by atoms with Crippen LogP contribution in [0.4, 0.5) is 10.1 Å². The molecule has 4 rings (SSSR count). The summed E-state index contributed by atoms with van der Waals surface area (Å²) in [4.78, 5) is 31.9. The Hall–Kier alpha value is -2.86. The highest BCUT2D eigenvalue weighted by atomic mass is 35.5. The lowest BCUT2D eigenvalue weighted by molar-refractivity contribution is -0.126. The summed E-state index contributed by atoms with van der Waals surface area (Å²) in [6, 6.07) is 11.7. The molecule has 1 saturated heterocycles. The van der Waals surface area contributed by atoms with Crippen LogP contribution in [0.3, 0.4) is 0 Å². The van der Waals surface area contributed by atoms with E-state index in [0.29, 0.717) is 42.1 Å². The first-order valence-electron chi connectivity index (χ1n) is 8.64. The number of hydrogen-bond acceptors (Lipinski definition) is 3. The van der Waals surface area contributed by atoms with Crippen molar-refractivity contribution in [2.45, 2.75) is 0 Å². The van der Waals surface area contributed by atoms with Gasteiger partial charge in [-0.05, 0) is 36.4 Å². The summed E-state index contributed by atoms with van der Waals surface area (Å²) in [5.41, 5.74) is 1.77. The molecule has 1 aliphatic rings. The average Bonchev–Trinajstić information content (AvgIpc) is 3.10. The zero-order chi connectivity index (χ0) is 19.0. The first-order chi connectivity index (χ1) is 13.0. The van der Waals surface area contributed by atoms with E-state index in [4.69, 9.17) is 11.6 Å². The van der Waals surface area contributed by atoms with E-state index in [-0.39, 0.29) is 5.56 Å². The summed E-state index contributed by atoms with van der Waals surface area (Å²) >= 11 is 6.04. The van der Waals surface area contributed by atoms with Crippen LogP contribution >= 0.6 is 11.6 Å². The maximum atomic E-state index is 13.3. The van der Waals surface area contributed by atoms with Crippen LogP contribution in [0.15, 0.2) is 48.7 Å². The fraction of sp³-hybridized carbons (Fsp3) is 0.200. The van der Waals surface area contributed by atoms with E-state index in [2.05, 4.69) is 9.88 Å². The quantitative estimate of drug-likeness (QED) is 0.554. The lowest BCUT2D eigenvalue weighted by atomic mass is 10.1. The van der Waals surface area contributed by atoms with Gasteiger partial charge >= 0.3 is 0 Å². The molecule has 27 heavy (non-hydrogen) atoms. The van der Waals surface area contributed by atoms with Crippen LogP contribution in [0.25, 0.3) is 10.9 Å². The van der Waals surface area contributed by atoms with Gasteiger partial charge in [-0.1, -0.05) is 17.7 Å². The van der Waals surface area contributed by atoms with Gasteiger partial charge in [0, 0.05) is 54.0 Å². The Morgan fingerprint density at radius 2 is 1.81 bits per heavy atom. The van der Waals surface area contributed by atoms with Gasteiger partial charge in [0.1, 0.15) is 5.82 Å². The number of rotatable bonds is 3. The van der Waals surface area contributed by atoms with Gasteiger partial charge in [0.15, 0.2) is 0 Å². The van der Waals surface area contributed by atoms with Crippen LogP contribution in [0, 0.1) is 5.82 Å². The van der Waals surface area contributed by atoms with Gasteiger partial charge < -0.3 is 14.8 Å². The van der Waals surface area contributed by atoms with Crippen LogP contribution in [0.1, 0.15) is 10.4 Å².